The topological polar surface area (TPSA) is 64.0 Å². The Morgan fingerprint density at radius 3 is 2.81 bits per heavy atom. The molecule has 0 aliphatic carbocycles. The van der Waals surface area contributed by atoms with E-state index < -0.39 is 9.84 Å². The molecule has 0 saturated heterocycles. The lowest BCUT2D eigenvalue weighted by Gasteiger charge is -2.02. The second-order valence-electron chi connectivity index (χ2n) is 3.58. The van der Waals surface area contributed by atoms with Gasteiger partial charge in [0, 0.05) is 43.2 Å². The van der Waals surface area contributed by atoms with E-state index in [0.717, 1.165) is 17.2 Å². The molecule has 1 N–H and O–H groups in total. The molecule has 1 heterocycles. The molecule has 1 aromatic heterocycles. The zero-order chi connectivity index (χ0) is 12.0. The first kappa shape index (κ1) is 13.5. The van der Waals surface area contributed by atoms with Gasteiger partial charge in [0.25, 0.3) is 0 Å². The van der Waals surface area contributed by atoms with Crippen molar-refractivity contribution in [1.82, 2.24) is 15.1 Å². The lowest BCUT2D eigenvalue weighted by molar-refractivity contribution is 0.598. The average molecular weight is 263 g/mol. The third-order valence-corrected chi connectivity index (χ3v) is 3.78. The van der Waals surface area contributed by atoms with Gasteiger partial charge in [-0.1, -0.05) is 0 Å². The SMILES string of the molecule is Cn1cc(SCCNCCS(C)(=O)=O)cn1. The highest BCUT2D eigenvalue weighted by Gasteiger charge is 2.00. The first-order chi connectivity index (χ1) is 7.47. The van der Waals surface area contributed by atoms with E-state index in [1.807, 2.05) is 19.4 Å². The van der Waals surface area contributed by atoms with Crippen molar-refractivity contribution in [3.63, 3.8) is 0 Å². The molecule has 0 atom stereocenters. The molecule has 0 amide bonds. The van der Waals surface area contributed by atoms with Crippen LogP contribution < -0.4 is 5.32 Å². The molecule has 0 aliphatic heterocycles. The summed E-state index contributed by atoms with van der Waals surface area (Å²) in [7, 11) is -0.959. The summed E-state index contributed by atoms with van der Waals surface area (Å²) in [6.45, 7) is 1.32. The molecule has 1 aromatic rings. The zero-order valence-corrected chi connectivity index (χ0v) is 11.1. The number of nitrogens with zero attached hydrogens (tertiary/aromatic N) is 2. The van der Waals surface area contributed by atoms with Crippen molar-refractivity contribution in [3.05, 3.63) is 12.4 Å². The van der Waals surface area contributed by atoms with Crippen LogP contribution in [0.1, 0.15) is 0 Å². The minimum atomic E-state index is -2.84. The van der Waals surface area contributed by atoms with Crippen molar-refractivity contribution >= 4 is 21.6 Å². The van der Waals surface area contributed by atoms with Crippen LogP contribution in [0.25, 0.3) is 0 Å². The molecule has 7 heteroatoms. The number of hydrogen-bond acceptors (Lipinski definition) is 5. The number of aromatic nitrogens is 2. The lowest BCUT2D eigenvalue weighted by atomic mass is 10.7. The molecular weight excluding hydrogens is 246 g/mol. The smallest absolute Gasteiger partial charge is 0.148 e. The van der Waals surface area contributed by atoms with Crippen LogP contribution in [0.15, 0.2) is 17.3 Å². The Bertz CT molecular complexity index is 414. The quantitative estimate of drug-likeness (QED) is 0.560. The Hall–Kier alpha value is -0.530. The van der Waals surface area contributed by atoms with Crippen molar-refractivity contribution in [2.45, 2.75) is 4.90 Å². The van der Waals surface area contributed by atoms with Gasteiger partial charge < -0.3 is 5.32 Å². The van der Waals surface area contributed by atoms with E-state index in [9.17, 15) is 8.42 Å². The predicted molar refractivity (Wildman–Crippen MR) is 66.5 cm³/mol. The minimum absolute atomic E-state index is 0.199. The molecule has 16 heavy (non-hydrogen) atoms. The van der Waals surface area contributed by atoms with Crippen molar-refractivity contribution in [2.75, 3.05) is 30.9 Å². The van der Waals surface area contributed by atoms with Crippen LogP contribution in [0.2, 0.25) is 0 Å². The Morgan fingerprint density at radius 2 is 2.25 bits per heavy atom. The van der Waals surface area contributed by atoms with Crippen LogP contribution in [0.5, 0.6) is 0 Å². The van der Waals surface area contributed by atoms with Gasteiger partial charge in [-0.25, -0.2) is 8.42 Å². The van der Waals surface area contributed by atoms with Crippen LogP contribution in [0.4, 0.5) is 0 Å². The van der Waals surface area contributed by atoms with Crippen LogP contribution in [0, 0.1) is 0 Å². The van der Waals surface area contributed by atoms with E-state index in [0.29, 0.717) is 6.54 Å². The first-order valence-electron chi connectivity index (χ1n) is 4.97. The van der Waals surface area contributed by atoms with Gasteiger partial charge in [-0.2, -0.15) is 5.10 Å². The van der Waals surface area contributed by atoms with Crippen molar-refractivity contribution < 1.29 is 8.42 Å². The van der Waals surface area contributed by atoms with Crippen LogP contribution >= 0.6 is 11.8 Å². The van der Waals surface area contributed by atoms with Gasteiger partial charge in [-0.05, 0) is 0 Å². The zero-order valence-electron chi connectivity index (χ0n) is 9.51. The third-order valence-electron chi connectivity index (χ3n) is 1.88. The van der Waals surface area contributed by atoms with Gasteiger partial charge in [-0.3, -0.25) is 4.68 Å². The number of aryl methyl sites for hydroxylation is 1. The second kappa shape index (κ2) is 6.27. The maximum Gasteiger partial charge on any atom is 0.148 e. The number of rotatable bonds is 7. The van der Waals surface area contributed by atoms with Gasteiger partial charge >= 0.3 is 0 Å². The Balaban J connectivity index is 2.04. The van der Waals surface area contributed by atoms with E-state index in [-0.39, 0.29) is 5.75 Å². The van der Waals surface area contributed by atoms with Crippen LogP contribution in [-0.2, 0) is 16.9 Å². The van der Waals surface area contributed by atoms with E-state index >= 15 is 0 Å². The van der Waals surface area contributed by atoms with Gasteiger partial charge in [0.05, 0.1) is 11.9 Å². The first-order valence-corrected chi connectivity index (χ1v) is 8.02. The summed E-state index contributed by atoms with van der Waals surface area (Å²) < 4.78 is 23.4. The van der Waals surface area contributed by atoms with E-state index in [1.165, 1.54) is 6.26 Å². The van der Waals surface area contributed by atoms with Gasteiger partial charge in [0.1, 0.15) is 9.84 Å². The highest BCUT2D eigenvalue weighted by Crippen LogP contribution is 2.14. The van der Waals surface area contributed by atoms with E-state index in [4.69, 9.17) is 0 Å². The number of sulfone groups is 1. The molecule has 0 saturated carbocycles. The van der Waals surface area contributed by atoms with Crippen LogP contribution in [0.3, 0.4) is 0 Å². The summed E-state index contributed by atoms with van der Waals surface area (Å²) in [4.78, 5) is 1.13. The molecule has 0 radical (unpaired) electrons. The Kier molecular flexibility index (Phi) is 5.30. The molecule has 5 nitrogen and oxygen atoms in total. The summed E-state index contributed by atoms with van der Waals surface area (Å²) in [6, 6.07) is 0. The third kappa shape index (κ3) is 6.14. The van der Waals surface area contributed by atoms with Crippen LogP contribution in [-0.4, -0.2) is 49.0 Å². The predicted octanol–water partition coefficient (Wildman–Crippen LogP) is 0.146. The highest BCUT2D eigenvalue weighted by atomic mass is 32.2. The van der Waals surface area contributed by atoms with Gasteiger partial charge in [0.15, 0.2) is 0 Å². The molecular formula is C9H17N3O2S2. The monoisotopic (exact) mass is 263 g/mol. The maximum atomic E-state index is 10.8. The molecule has 0 aromatic carbocycles. The Labute approximate surface area is 101 Å². The number of nitrogens with one attached hydrogen (secondary N) is 1. The van der Waals surface area contributed by atoms with Crippen molar-refractivity contribution in [2.24, 2.45) is 7.05 Å². The highest BCUT2D eigenvalue weighted by molar-refractivity contribution is 7.99. The minimum Gasteiger partial charge on any atom is -0.315 e. The van der Waals surface area contributed by atoms with E-state index in [1.54, 1.807) is 16.4 Å². The molecule has 92 valence electrons. The average Bonchev–Trinajstić information content (AvgIpc) is 2.56. The van der Waals surface area contributed by atoms with Crippen molar-refractivity contribution in [3.8, 4) is 0 Å². The van der Waals surface area contributed by atoms with Crippen molar-refractivity contribution in [1.29, 1.82) is 0 Å². The second-order valence-corrected chi connectivity index (χ2v) is 7.01. The molecule has 0 aliphatic rings. The fraction of sp³-hybridized carbons (Fsp3) is 0.667. The number of thioether (sulfide) groups is 1. The maximum absolute atomic E-state index is 10.8. The normalized spacial score (nSPS) is 11.9. The molecule has 0 unspecified atom stereocenters. The molecule has 0 bridgehead atoms. The number of hydrogen-bond donors (Lipinski definition) is 1. The largest absolute Gasteiger partial charge is 0.315 e. The summed E-state index contributed by atoms with van der Waals surface area (Å²) in [5, 5.41) is 7.15. The summed E-state index contributed by atoms with van der Waals surface area (Å²) in [6.07, 6.45) is 5.03. The summed E-state index contributed by atoms with van der Waals surface area (Å²) in [5.74, 6) is 1.11. The van der Waals surface area contributed by atoms with E-state index in [2.05, 4.69) is 10.4 Å². The summed E-state index contributed by atoms with van der Waals surface area (Å²) in [5.41, 5.74) is 0. The molecule has 1 rings (SSSR count). The standard InChI is InChI=1S/C9H17N3O2S2/c1-12-8-9(7-11-12)15-5-3-10-4-6-16(2,13)14/h7-8,10H,3-6H2,1-2H3. The molecule has 0 fully saturated rings. The van der Waals surface area contributed by atoms with Gasteiger partial charge in [-0.15, -0.1) is 11.8 Å². The lowest BCUT2D eigenvalue weighted by Crippen LogP contribution is -2.24. The van der Waals surface area contributed by atoms with Gasteiger partial charge in [0.2, 0.25) is 0 Å². The summed E-state index contributed by atoms with van der Waals surface area (Å²) >= 11 is 1.70. The molecule has 0 spiro atoms. The Morgan fingerprint density at radius 1 is 1.50 bits per heavy atom. The fourth-order valence-corrected chi connectivity index (χ4v) is 2.44. The fourth-order valence-electron chi connectivity index (χ4n) is 1.10.